The molecule has 2 aromatic heterocycles. The number of anilines is 3. The SMILES string of the molecule is O=[N+]([O-])c1cc(S(=O)(=O)Nc2ncnc3cc(N4CCN(Cc5cccnc5-c5ccc(Cl)cc5)CC4)ccc23)ccc1NC(CCN1CCOCC1)CSc1ccccc1. The standard InChI is InChI=1S/C44H46ClN9O5S2/c45-34-10-8-32(9-11-34)43-33(5-4-17-46-43)29-52-19-21-53(22-20-52)36-12-14-39-41(27-36)47-31-48-44(39)50-61(57,58)38-13-15-40(42(28-38)54(55)56)49-35(16-18-51-23-25-59-26-24-51)30-60-37-6-2-1-3-7-37/h1-15,17,27-28,31,35,49H,16,18-26,29-30H2,(H,47,48,50). The Kier molecular flexibility index (Phi) is 13.6. The molecule has 2 aliphatic heterocycles. The molecule has 0 spiro atoms. The Hall–Kier alpha value is -5.36. The molecule has 4 heterocycles. The predicted octanol–water partition coefficient (Wildman–Crippen LogP) is 7.67. The first-order chi connectivity index (χ1) is 29.7. The van der Waals surface area contributed by atoms with Crippen molar-refractivity contribution in [2.75, 3.05) is 79.7 Å². The molecule has 0 amide bonds. The van der Waals surface area contributed by atoms with E-state index in [2.05, 4.69) is 45.8 Å². The Labute approximate surface area is 364 Å². The summed E-state index contributed by atoms with van der Waals surface area (Å²) in [5.74, 6) is 0.741. The maximum atomic E-state index is 13.8. The highest BCUT2D eigenvalue weighted by atomic mass is 35.5. The van der Waals surface area contributed by atoms with Crippen molar-refractivity contribution in [1.82, 2.24) is 24.8 Å². The number of benzene rings is 4. The van der Waals surface area contributed by atoms with Gasteiger partial charge in [0.15, 0.2) is 5.82 Å². The number of nitro groups is 1. The molecule has 1 unspecified atom stereocenters. The highest BCUT2D eigenvalue weighted by Crippen LogP contribution is 2.33. The van der Waals surface area contributed by atoms with Crippen LogP contribution in [0.2, 0.25) is 5.02 Å². The molecule has 316 valence electrons. The van der Waals surface area contributed by atoms with Gasteiger partial charge in [0.25, 0.3) is 15.7 Å². The largest absolute Gasteiger partial charge is 0.379 e. The zero-order chi connectivity index (χ0) is 42.2. The van der Waals surface area contributed by atoms with Crippen LogP contribution in [0.25, 0.3) is 22.2 Å². The third-order valence-electron chi connectivity index (χ3n) is 10.9. The van der Waals surface area contributed by atoms with Gasteiger partial charge in [0.2, 0.25) is 0 Å². The molecule has 0 aliphatic carbocycles. The summed E-state index contributed by atoms with van der Waals surface area (Å²) in [4.78, 5) is 33.1. The molecule has 0 bridgehead atoms. The molecule has 2 fully saturated rings. The van der Waals surface area contributed by atoms with Gasteiger partial charge in [0.05, 0.1) is 34.2 Å². The zero-order valence-electron chi connectivity index (χ0n) is 33.4. The Morgan fingerprint density at radius 3 is 2.41 bits per heavy atom. The van der Waals surface area contributed by atoms with E-state index in [-0.39, 0.29) is 28.1 Å². The van der Waals surface area contributed by atoms with Gasteiger partial charge in [-0.2, -0.15) is 0 Å². The van der Waals surface area contributed by atoms with E-state index in [9.17, 15) is 18.5 Å². The second kappa shape index (κ2) is 19.6. The smallest absolute Gasteiger partial charge is 0.293 e. The van der Waals surface area contributed by atoms with Gasteiger partial charge in [0, 0.05) is 103 Å². The summed E-state index contributed by atoms with van der Waals surface area (Å²) < 4.78 is 35.7. The lowest BCUT2D eigenvalue weighted by Crippen LogP contribution is -2.46. The lowest BCUT2D eigenvalue weighted by molar-refractivity contribution is -0.384. The molecule has 0 saturated carbocycles. The molecule has 0 radical (unpaired) electrons. The Balaban J connectivity index is 0.934. The van der Waals surface area contributed by atoms with Crippen LogP contribution in [0.3, 0.4) is 0 Å². The van der Waals surface area contributed by atoms with E-state index in [1.807, 2.05) is 85.1 Å². The van der Waals surface area contributed by atoms with Crippen molar-refractivity contribution in [3.63, 3.8) is 0 Å². The molecule has 2 saturated heterocycles. The van der Waals surface area contributed by atoms with Crippen molar-refractivity contribution in [1.29, 1.82) is 0 Å². The van der Waals surface area contributed by atoms with Crippen molar-refractivity contribution >= 4 is 67.2 Å². The third-order valence-corrected chi connectivity index (χ3v) is 13.7. The van der Waals surface area contributed by atoms with Crippen LogP contribution in [0.15, 0.2) is 125 Å². The number of pyridine rings is 1. The second-order valence-corrected chi connectivity index (χ2v) is 18.2. The van der Waals surface area contributed by atoms with Gasteiger partial charge in [-0.05, 0) is 72.6 Å². The van der Waals surface area contributed by atoms with E-state index in [0.717, 1.165) is 92.2 Å². The van der Waals surface area contributed by atoms with Crippen LogP contribution in [0.4, 0.5) is 22.9 Å². The van der Waals surface area contributed by atoms with Gasteiger partial charge in [-0.25, -0.2) is 18.4 Å². The first kappa shape index (κ1) is 42.3. The maximum absolute atomic E-state index is 13.8. The molecule has 14 nitrogen and oxygen atoms in total. The van der Waals surface area contributed by atoms with Crippen LogP contribution in [-0.2, 0) is 21.3 Å². The van der Waals surface area contributed by atoms with Gasteiger partial charge in [-0.1, -0.05) is 48.0 Å². The van der Waals surface area contributed by atoms with Crippen molar-refractivity contribution in [3.05, 3.63) is 136 Å². The minimum atomic E-state index is -4.28. The number of hydrogen-bond acceptors (Lipinski definition) is 13. The van der Waals surface area contributed by atoms with E-state index in [0.29, 0.717) is 34.9 Å². The lowest BCUT2D eigenvalue weighted by atomic mass is 10.1. The fourth-order valence-electron chi connectivity index (χ4n) is 7.59. The number of thioether (sulfide) groups is 1. The van der Waals surface area contributed by atoms with Gasteiger partial charge < -0.3 is 15.0 Å². The number of sulfonamides is 1. The number of nitrogens with zero attached hydrogens (tertiary/aromatic N) is 7. The fourth-order valence-corrected chi connectivity index (χ4v) is 9.76. The number of ether oxygens (including phenoxy) is 1. The maximum Gasteiger partial charge on any atom is 0.293 e. The highest BCUT2D eigenvalue weighted by molar-refractivity contribution is 7.99. The second-order valence-electron chi connectivity index (χ2n) is 15.0. The number of piperazine rings is 1. The summed E-state index contributed by atoms with van der Waals surface area (Å²) in [7, 11) is -4.28. The van der Waals surface area contributed by atoms with Gasteiger partial charge in [-0.3, -0.25) is 29.6 Å². The highest BCUT2D eigenvalue weighted by Gasteiger charge is 2.26. The van der Waals surface area contributed by atoms with Crippen LogP contribution in [0, 0.1) is 10.1 Å². The average Bonchev–Trinajstić information content (AvgIpc) is 3.28. The first-order valence-corrected chi connectivity index (χ1v) is 23.0. The van der Waals surface area contributed by atoms with Crippen molar-refractivity contribution < 1.29 is 18.1 Å². The molecule has 4 aromatic carbocycles. The quantitative estimate of drug-likeness (QED) is 0.0555. The first-order valence-electron chi connectivity index (χ1n) is 20.2. The van der Waals surface area contributed by atoms with E-state index in [1.54, 1.807) is 11.8 Å². The average molecular weight is 880 g/mol. The topological polar surface area (TPSA) is 159 Å². The number of rotatable bonds is 16. The zero-order valence-corrected chi connectivity index (χ0v) is 35.8. The van der Waals surface area contributed by atoms with E-state index >= 15 is 0 Å². The van der Waals surface area contributed by atoms with Gasteiger partial charge in [0.1, 0.15) is 12.0 Å². The Bertz CT molecular complexity index is 2560. The summed E-state index contributed by atoms with van der Waals surface area (Å²) in [6.07, 6.45) is 3.86. The molecule has 6 aromatic rings. The number of nitrogens with one attached hydrogen (secondary N) is 2. The molecular formula is C44H46ClN9O5S2. The lowest BCUT2D eigenvalue weighted by Gasteiger charge is -2.36. The van der Waals surface area contributed by atoms with Crippen LogP contribution >= 0.6 is 23.4 Å². The number of aromatic nitrogens is 3. The number of nitro benzene ring substituents is 1. The summed E-state index contributed by atoms with van der Waals surface area (Å²) in [6.45, 7) is 7.84. The molecule has 1 atom stereocenters. The van der Waals surface area contributed by atoms with Crippen molar-refractivity contribution in [2.24, 2.45) is 0 Å². The number of morpholine rings is 1. The molecule has 8 rings (SSSR count). The minimum Gasteiger partial charge on any atom is -0.379 e. The van der Waals surface area contributed by atoms with Crippen molar-refractivity contribution in [3.8, 4) is 11.3 Å². The minimum absolute atomic E-state index is 0.0836. The molecular weight excluding hydrogens is 834 g/mol. The summed E-state index contributed by atoms with van der Waals surface area (Å²) in [5.41, 5.74) is 4.58. The molecule has 17 heteroatoms. The number of halogens is 1. The van der Waals surface area contributed by atoms with Crippen LogP contribution in [-0.4, -0.2) is 109 Å². The van der Waals surface area contributed by atoms with Crippen LogP contribution in [0.1, 0.15) is 12.0 Å². The van der Waals surface area contributed by atoms with Gasteiger partial charge >= 0.3 is 0 Å². The van der Waals surface area contributed by atoms with Gasteiger partial charge in [-0.15, -0.1) is 11.8 Å². The van der Waals surface area contributed by atoms with Crippen molar-refractivity contribution in [2.45, 2.75) is 28.8 Å². The van der Waals surface area contributed by atoms with E-state index in [1.165, 1.54) is 18.5 Å². The Morgan fingerprint density at radius 2 is 1.64 bits per heavy atom. The molecule has 2 N–H and O–H groups in total. The number of hydrogen-bond donors (Lipinski definition) is 2. The van der Waals surface area contributed by atoms with E-state index in [4.69, 9.17) is 16.3 Å². The predicted molar refractivity (Wildman–Crippen MR) is 242 cm³/mol. The Morgan fingerprint density at radius 1 is 0.852 bits per heavy atom. The molecule has 61 heavy (non-hydrogen) atoms. The summed E-state index contributed by atoms with van der Waals surface area (Å²) in [5, 5.41) is 17.0. The summed E-state index contributed by atoms with van der Waals surface area (Å²) in [6, 6.07) is 31.3. The number of fused-ring (bicyclic) bond motifs is 1. The monoisotopic (exact) mass is 879 g/mol. The van der Waals surface area contributed by atoms with E-state index < -0.39 is 14.9 Å². The fraction of sp³-hybridized carbons (Fsp3) is 0.295. The van der Waals surface area contributed by atoms with Crippen LogP contribution < -0.4 is 14.9 Å². The summed E-state index contributed by atoms with van der Waals surface area (Å²) >= 11 is 7.79. The normalized spacial score (nSPS) is 15.7. The third kappa shape index (κ3) is 10.8. The molecule has 2 aliphatic rings. The van der Waals surface area contributed by atoms with Crippen LogP contribution in [0.5, 0.6) is 0 Å².